The van der Waals surface area contributed by atoms with Crippen LogP contribution in [0.25, 0.3) is 0 Å². The van der Waals surface area contributed by atoms with Crippen LogP contribution < -0.4 is 4.74 Å². The first-order valence-corrected chi connectivity index (χ1v) is 8.39. The number of nitrogens with zero attached hydrogens (tertiary/aromatic N) is 2. The molecule has 1 aliphatic heterocycles. The summed E-state index contributed by atoms with van der Waals surface area (Å²) in [6.07, 6.45) is -0.387. The van der Waals surface area contributed by atoms with Gasteiger partial charge in [-0.2, -0.15) is 0 Å². The van der Waals surface area contributed by atoms with E-state index in [1.165, 1.54) is 11.3 Å². The van der Waals surface area contributed by atoms with Gasteiger partial charge in [-0.1, -0.05) is 29.8 Å². The lowest BCUT2D eigenvalue weighted by Gasteiger charge is -2.33. The largest absolute Gasteiger partial charge is 0.415 e. The number of amides is 2. The number of para-hydroxylation sites is 1. The average molecular weight is 351 g/mol. The number of ether oxygens (including phenoxy) is 1. The Balaban J connectivity index is 1.54. The third kappa shape index (κ3) is 3.83. The topological polar surface area (TPSA) is 49.9 Å². The Morgan fingerprint density at radius 1 is 0.957 bits per heavy atom. The van der Waals surface area contributed by atoms with Crippen LogP contribution in [0.5, 0.6) is 5.75 Å². The zero-order valence-corrected chi connectivity index (χ0v) is 13.8. The van der Waals surface area contributed by atoms with Crippen molar-refractivity contribution in [1.29, 1.82) is 0 Å². The summed E-state index contributed by atoms with van der Waals surface area (Å²) in [5.41, 5.74) is 0. The van der Waals surface area contributed by atoms with Crippen LogP contribution >= 0.6 is 22.9 Å². The number of thiophene rings is 1. The van der Waals surface area contributed by atoms with E-state index in [9.17, 15) is 9.59 Å². The number of hydrogen-bond acceptors (Lipinski definition) is 4. The van der Waals surface area contributed by atoms with E-state index in [-0.39, 0.29) is 12.0 Å². The average Bonchev–Trinajstić information content (AvgIpc) is 3.02. The van der Waals surface area contributed by atoms with Crippen molar-refractivity contribution in [1.82, 2.24) is 9.80 Å². The third-order valence-electron chi connectivity index (χ3n) is 3.56. The number of benzene rings is 1. The van der Waals surface area contributed by atoms with Crippen molar-refractivity contribution in [3.05, 3.63) is 51.7 Å². The highest BCUT2D eigenvalue weighted by Crippen LogP contribution is 2.23. The fourth-order valence-electron chi connectivity index (χ4n) is 2.33. The highest BCUT2D eigenvalue weighted by atomic mass is 35.5. The molecule has 2 amide bonds. The molecular weight excluding hydrogens is 336 g/mol. The number of carbonyl (C=O) groups excluding carboxylic acids is 2. The Hall–Kier alpha value is -2.05. The van der Waals surface area contributed by atoms with Crippen LogP contribution in [0, 0.1) is 0 Å². The van der Waals surface area contributed by atoms with Gasteiger partial charge in [0.05, 0.1) is 9.21 Å². The second-order valence-electron chi connectivity index (χ2n) is 5.06. The maximum Gasteiger partial charge on any atom is 0.415 e. The second kappa shape index (κ2) is 7.02. The molecule has 1 aromatic heterocycles. The molecule has 1 saturated heterocycles. The van der Waals surface area contributed by atoms with E-state index in [1.54, 1.807) is 34.1 Å². The van der Waals surface area contributed by atoms with Crippen molar-refractivity contribution in [3.8, 4) is 5.75 Å². The van der Waals surface area contributed by atoms with Gasteiger partial charge in [0.1, 0.15) is 5.75 Å². The smallest absolute Gasteiger partial charge is 0.410 e. The summed E-state index contributed by atoms with van der Waals surface area (Å²) >= 11 is 7.13. The maximum absolute atomic E-state index is 12.3. The van der Waals surface area contributed by atoms with E-state index in [0.29, 0.717) is 41.1 Å². The quantitative estimate of drug-likeness (QED) is 0.834. The van der Waals surface area contributed by atoms with Gasteiger partial charge in [-0.05, 0) is 24.3 Å². The van der Waals surface area contributed by atoms with Crippen LogP contribution in [0.2, 0.25) is 4.34 Å². The van der Waals surface area contributed by atoms with Crippen molar-refractivity contribution in [2.24, 2.45) is 0 Å². The molecule has 0 aliphatic carbocycles. The molecule has 0 atom stereocenters. The summed E-state index contributed by atoms with van der Waals surface area (Å²) in [4.78, 5) is 28.4. The van der Waals surface area contributed by atoms with Crippen LogP contribution in [-0.2, 0) is 0 Å². The summed E-state index contributed by atoms with van der Waals surface area (Å²) in [6, 6.07) is 12.4. The predicted molar refractivity (Wildman–Crippen MR) is 89.3 cm³/mol. The van der Waals surface area contributed by atoms with Gasteiger partial charge in [0.15, 0.2) is 0 Å². The van der Waals surface area contributed by atoms with Crippen LogP contribution in [0.1, 0.15) is 9.67 Å². The SMILES string of the molecule is O=C(Oc1ccccc1)N1CCN(C(=O)c2ccc(Cl)s2)CC1. The minimum atomic E-state index is -0.387. The molecule has 0 saturated carbocycles. The second-order valence-corrected chi connectivity index (χ2v) is 6.78. The molecule has 0 N–H and O–H groups in total. The van der Waals surface area contributed by atoms with E-state index >= 15 is 0 Å². The van der Waals surface area contributed by atoms with E-state index in [1.807, 2.05) is 18.2 Å². The molecule has 3 rings (SSSR count). The monoisotopic (exact) mass is 350 g/mol. The van der Waals surface area contributed by atoms with E-state index < -0.39 is 0 Å². The molecular formula is C16H15ClN2O3S. The van der Waals surface area contributed by atoms with Crippen molar-refractivity contribution < 1.29 is 14.3 Å². The lowest BCUT2D eigenvalue weighted by molar-refractivity contribution is 0.0638. The highest BCUT2D eigenvalue weighted by molar-refractivity contribution is 7.17. The Morgan fingerprint density at radius 3 is 2.22 bits per heavy atom. The van der Waals surface area contributed by atoms with E-state index in [0.717, 1.165) is 0 Å². The van der Waals surface area contributed by atoms with Crippen LogP contribution in [0.4, 0.5) is 4.79 Å². The first kappa shape index (κ1) is 15.8. The van der Waals surface area contributed by atoms with E-state index in [4.69, 9.17) is 16.3 Å². The molecule has 0 spiro atoms. The standard InChI is InChI=1S/C16H15ClN2O3S/c17-14-7-6-13(23-14)15(20)18-8-10-19(11-9-18)16(21)22-12-4-2-1-3-5-12/h1-7H,8-11H2. The zero-order chi connectivity index (χ0) is 16.2. The Kier molecular flexibility index (Phi) is 4.83. The molecule has 5 nitrogen and oxygen atoms in total. The van der Waals surface area contributed by atoms with Gasteiger partial charge >= 0.3 is 6.09 Å². The summed E-state index contributed by atoms with van der Waals surface area (Å²) < 4.78 is 5.90. The molecule has 1 aromatic carbocycles. The van der Waals surface area contributed by atoms with Gasteiger partial charge < -0.3 is 14.5 Å². The van der Waals surface area contributed by atoms with Crippen molar-refractivity contribution in [3.63, 3.8) is 0 Å². The minimum Gasteiger partial charge on any atom is -0.410 e. The molecule has 1 fully saturated rings. The number of hydrogen-bond donors (Lipinski definition) is 0. The zero-order valence-electron chi connectivity index (χ0n) is 12.3. The molecule has 1 aliphatic rings. The van der Waals surface area contributed by atoms with E-state index in [2.05, 4.69) is 0 Å². The van der Waals surface area contributed by atoms with Crippen molar-refractivity contribution in [2.75, 3.05) is 26.2 Å². The van der Waals surface area contributed by atoms with Crippen LogP contribution in [0.3, 0.4) is 0 Å². The fourth-order valence-corrected chi connectivity index (χ4v) is 3.34. The first-order valence-electron chi connectivity index (χ1n) is 7.20. The van der Waals surface area contributed by atoms with Gasteiger partial charge in [-0.3, -0.25) is 4.79 Å². The van der Waals surface area contributed by atoms with Crippen LogP contribution in [-0.4, -0.2) is 48.0 Å². The maximum atomic E-state index is 12.3. The molecule has 7 heteroatoms. The lowest BCUT2D eigenvalue weighted by Crippen LogP contribution is -2.51. The molecule has 2 heterocycles. The Bertz CT molecular complexity index is 696. The number of carbonyl (C=O) groups is 2. The van der Waals surface area contributed by atoms with Gasteiger partial charge in [0.25, 0.3) is 5.91 Å². The van der Waals surface area contributed by atoms with Gasteiger partial charge in [-0.25, -0.2) is 4.79 Å². The molecule has 0 bridgehead atoms. The number of rotatable bonds is 2. The summed E-state index contributed by atoms with van der Waals surface area (Å²) in [7, 11) is 0. The van der Waals surface area contributed by atoms with Crippen LogP contribution in [0.15, 0.2) is 42.5 Å². The molecule has 0 radical (unpaired) electrons. The molecule has 120 valence electrons. The summed E-state index contributed by atoms with van der Waals surface area (Å²) in [5, 5.41) is 0. The number of halogens is 1. The fraction of sp³-hybridized carbons (Fsp3) is 0.250. The van der Waals surface area contributed by atoms with Crippen molar-refractivity contribution >= 4 is 34.9 Å². The minimum absolute atomic E-state index is 0.0435. The third-order valence-corrected chi connectivity index (χ3v) is 4.78. The van der Waals surface area contributed by atoms with Gasteiger partial charge in [0.2, 0.25) is 0 Å². The Labute approximate surface area is 143 Å². The normalized spacial score (nSPS) is 14.7. The van der Waals surface area contributed by atoms with Gasteiger partial charge in [-0.15, -0.1) is 11.3 Å². The Morgan fingerprint density at radius 2 is 1.61 bits per heavy atom. The summed E-state index contributed by atoms with van der Waals surface area (Å²) in [6.45, 7) is 1.88. The lowest BCUT2D eigenvalue weighted by atomic mass is 10.3. The predicted octanol–water partition coefficient (Wildman–Crippen LogP) is 3.36. The molecule has 0 unspecified atom stereocenters. The first-order chi connectivity index (χ1) is 11.1. The molecule has 23 heavy (non-hydrogen) atoms. The molecule has 2 aromatic rings. The van der Waals surface area contributed by atoms with Gasteiger partial charge in [0, 0.05) is 26.2 Å². The highest BCUT2D eigenvalue weighted by Gasteiger charge is 2.26. The summed E-state index contributed by atoms with van der Waals surface area (Å²) in [5.74, 6) is 0.474. The van der Waals surface area contributed by atoms with Crippen molar-refractivity contribution in [2.45, 2.75) is 0 Å². The number of piperazine rings is 1.